The summed E-state index contributed by atoms with van der Waals surface area (Å²) in [6, 6.07) is 6.35. The fourth-order valence-electron chi connectivity index (χ4n) is 2.98. The van der Waals surface area contributed by atoms with Gasteiger partial charge in [0.05, 0.1) is 16.6 Å². The second-order valence-corrected chi connectivity index (χ2v) is 6.02. The van der Waals surface area contributed by atoms with E-state index in [2.05, 4.69) is 10.3 Å². The fraction of sp³-hybridized carbons (Fsp3) is 0.375. The number of nitrogens with zero attached hydrogens (tertiary/aromatic N) is 1. The summed E-state index contributed by atoms with van der Waals surface area (Å²) >= 11 is 6.16. The largest absolute Gasteiger partial charge is 0.396 e. The number of H-pyrrole nitrogens is 1. The van der Waals surface area contributed by atoms with E-state index in [1.807, 2.05) is 4.90 Å². The van der Waals surface area contributed by atoms with Crippen LogP contribution in [0.4, 0.5) is 0 Å². The molecule has 3 rings (SSSR count). The van der Waals surface area contributed by atoms with Crippen LogP contribution in [0.25, 0.3) is 10.9 Å². The summed E-state index contributed by atoms with van der Waals surface area (Å²) in [6.07, 6.45) is 0.365. The number of aromatic nitrogens is 1. The summed E-state index contributed by atoms with van der Waals surface area (Å²) in [4.78, 5) is 29.4. The van der Waals surface area contributed by atoms with E-state index in [1.54, 1.807) is 24.3 Å². The lowest BCUT2D eigenvalue weighted by molar-refractivity contribution is -0.130. The Labute approximate surface area is 138 Å². The molecule has 1 fully saturated rings. The molecule has 1 aliphatic rings. The highest BCUT2D eigenvalue weighted by atomic mass is 35.5. The van der Waals surface area contributed by atoms with Crippen molar-refractivity contribution >= 4 is 28.4 Å². The summed E-state index contributed by atoms with van der Waals surface area (Å²) in [5.41, 5.74) is 1.21. The third-order valence-electron chi connectivity index (χ3n) is 4.09. The van der Waals surface area contributed by atoms with E-state index in [4.69, 9.17) is 16.7 Å². The predicted octanol–water partition coefficient (Wildman–Crippen LogP) is 0.864. The maximum Gasteiger partial charge on any atom is 0.237 e. The molecule has 1 saturated heterocycles. The van der Waals surface area contributed by atoms with Crippen LogP contribution >= 0.6 is 11.6 Å². The molecule has 1 aromatic heterocycles. The zero-order valence-corrected chi connectivity index (χ0v) is 13.3. The molecular formula is C16H18ClN3O3. The Morgan fingerprint density at radius 1 is 1.35 bits per heavy atom. The standard InChI is InChI=1S/C16H18ClN3O3/c17-12-3-1-2-11-14(22)8-10(19-15(11)12)9-20-6-5-18-16(23)13(20)4-7-21/h1-3,8,13,21H,4-7,9H2,(H,18,23)(H,19,22). The van der Waals surface area contributed by atoms with Crippen LogP contribution in [0, 0.1) is 0 Å². The number of piperazine rings is 1. The molecule has 0 aliphatic carbocycles. The lowest BCUT2D eigenvalue weighted by Crippen LogP contribution is -2.55. The first-order chi connectivity index (χ1) is 11.1. The van der Waals surface area contributed by atoms with Gasteiger partial charge in [0.15, 0.2) is 5.43 Å². The normalized spacial score (nSPS) is 19.0. The van der Waals surface area contributed by atoms with Gasteiger partial charge in [-0.05, 0) is 18.6 Å². The van der Waals surface area contributed by atoms with Crippen LogP contribution in [0.2, 0.25) is 5.02 Å². The van der Waals surface area contributed by atoms with Crippen LogP contribution in [0.15, 0.2) is 29.1 Å². The maximum absolute atomic E-state index is 12.2. The van der Waals surface area contributed by atoms with Crippen LogP contribution in [0.1, 0.15) is 12.1 Å². The monoisotopic (exact) mass is 335 g/mol. The molecule has 1 amide bonds. The van der Waals surface area contributed by atoms with Crippen LogP contribution in [-0.4, -0.2) is 46.6 Å². The van der Waals surface area contributed by atoms with E-state index < -0.39 is 0 Å². The number of carbonyl (C=O) groups is 1. The average Bonchev–Trinajstić information content (AvgIpc) is 2.52. The van der Waals surface area contributed by atoms with Gasteiger partial charge in [0.2, 0.25) is 5.91 Å². The number of aliphatic hydroxyl groups excluding tert-OH is 1. The van der Waals surface area contributed by atoms with Gasteiger partial charge in [0.25, 0.3) is 0 Å². The van der Waals surface area contributed by atoms with Crippen molar-refractivity contribution in [3.63, 3.8) is 0 Å². The third-order valence-corrected chi connectivity index (χ3v) is 4.40. The minimum atomic E-state index is -0.390. The van der Waals surface area contributed by atoms with Gasteiger partial charge >= 0.3 is 0 Å². The van der Waals surface area contributed by atoms with Gasteiger partial charge in [-0.15, -0.1) is 0 Å². The lowest BCUT2D eigenvalue weighted by atomic mass is 10.1. The topological polar surface area (TPSA) is 85.4 Å². The van der Waals surface area contributed by atoms with E-state index in [0.717, 1.165) is 0 Å². The Hall–Kier alpha value is -1.89. The number of rotatable bonds is 4. The number of aromatic amines is 1. The molecule has 1 unspecified atom stereocenters. The molecule has 1 aliphatic heterocycles. The van der Waals surface area contributed by atoms with Gasteiger partial charge in [-0.3, -0.25) is 14.5 Å². The molecule has 3 N–H and O–H groups in total. The molecule has 6 nitrogen and oxygen atoms in total. The predicted molar refractivity (Wildman–Crippen MR) is 88.5 cm³/mol. The number of fused-ring (bicyclic) bond motifs is 1. The van der Waals surface area contributed by atoms with E-state index in [-0.39, 0.29) is 24.0 Å². The summed E-state index contributed by atoms with van der Waals surface area (Å²) < 4.78 is 0. The Bertz CT molecular complexity index is 790. The summed E-state index contributed by atoms with van der Waals surface area (Å²) in [7, 11) is 0. The molecule has 7 heteroatoms. The van der Waals surface area contributed by atoms with Gasteiger partial charge in [0.1, 0.15) is 0 Å². The zero-order chi connectivity index (χ0) is 16.4. The zero-order valence-electron chi connectivity index (χ0n) is 12.5. The minimum Gasteiger partial charge on any atom is -0.396 e. The first kappa shape index (κ1) is 16.0. The second kappa shape index (κ2) is 6.70. The van der Waals surface area contributed by atoms with Crippen molar-refractivity contribution < 1.29 is 9.90 Å². The number of carbonyl (C=O) groups excluding carboxylic acids is 1. The molecule has 2 aromatic rings. The fourth-order valence-corrected chi connectivity index (χ4v) is 3.20. The van der Waals surface area contributed by atoms with E-state index in [9.17, 15) is 9.59 Å². The highest BCUT2D eigenvalue weighted by molar-refractivity contribution is 6.35. The maximum atomic E-state index is 12.2. The van der Waals surface area contributed by atoms with E-state index >= 15 is 0 Å². The van der Waals surface area contributed by atoms with E-state index in [1.165, 1.54) is 0 Å². The Kier molecular flexibility index (Phi) is 4.66. The molecule has 0 spiro atoms. The van der Waals surface area contributed by atoms with Crippen molar-refractivity contribution in [2.24, 2.45) is 0 Å². The number of hydrogen-bond acceptors (Lipinski definition) is 4. The van der Waals surface area contributed by atoms with Crippen LogP contribution in [0.5, 0.6) is 0 Å². The number of aliphatic hydroxyl groups is 1. The Morgan fingerprint density at radius 2 is 2.17 bits per heavy atom. The first-order valence-electron chi connectivity index (χ1n) is 7.53. The average molecular weight is 336 g/mol. The van der Waals surface area contributed by atoms with Gasteiger partial charge in [0, 0.05) is 43.4 Å². The van der Waals surface area contributed by atoms with Crippen molar-refractivity contribution in [3.05, 3.63) is 45.2 Å². The second-order valence-electron chi connectivity index (χ2n) is 5.61. The molecule has 0 radical (unpaired) electrons. The number of amides is 1. The molecular weight excluding hydrogens is 318 g/mol. The molecule has 0 bridgehead atoms. The van der Waals surface area contributed by atoms with Crippen molar-refractivity contribution in [1.82, 2.24) is 15.2 Å². The number of hydrogen-bond donors (Lipinski definition) is 3. The molecule has 23 heavy (non-hydrogen) atoms. The SMILES string of the molecule is O=C1NCCN(Cc2cc(=O)c3cccc(Cl)c3[nH]2)C1CCO. The van der Waals surface area contributed by atoms with Crippen molar-refractivity contribution in [2.45, 2.75) is 19.0 Å². The number of halogens is 1. The Morgan fingerprint density at radius 3 is 2.96 bits per heavy atom. The molecule has 1 atom stereocenters. The van der Waals surface area contributed by atoms with Crippen molar-refractivity contribution in [2.75, 3.05) is 19.7 Å². The van der Waals surface area contributed by atoms with Gasteiger partial charge < -0.3 is 15.4 Å². The smallest absolute Gasteiger partial charge is 0.237 e. The molecule has 0 saturated carbocycles. The Balaban J connectivity index is 1.93. The first-order valence-corrected chi connectivity index (χ1v) is 7.91. The van der Waals surface area contributed by atoms with Gasteiger partial charge in [-0.25, -0.2) is 0 Å². The number of nitrogens with one attached hydrogen (secondary N) is 2. The number of para-hydroxylation sites is 1. The van der Waals surface area contributed by atoms with Crippen molar-refractivity contribution in [3.8, 4) is 0 Å². The molecule has 122 valence electrons. The molecule has 1 aromatic carbocycles. The third kappa shape index (κ3) is 3.24. The summed E-state index contributed by atoms with van der Waals surface area (Å²) in [5, 5.41) is 13.0. The quantitative estimate of drug-likeness (QED) is 0.773. The number of benzene rings is 1. The van der Waals surface area contributed by atoms with Gasteiger partial charge in [-0.2, -0.15) is 0 Å². The lowest BCUT2D eigenvalue weighted by Gasteiger charge is -2.34. The van der Waals surface area contributed by atoms with E-state index in [0.29, 0.717) is 47.7 Å². The highest BCUT2D eigenvalue weighted by Gasteiger charge is 2.29. The minimum absolute atomic E-state index is 0.0609. The van der Waals surface area contributed by atoms with Crippen LogP contribution in [0.3, 0.4) is 0 Å². The molecule has 2 heterocycles. The van der Waals surface area contributed by atoms with Crippen LogP contribution < -0.4 is 10.7 Å². The van der Waals surface area contributed by atoms with Crippen LogP contribution in [-0.2, 0) is 11.3 Å². The highest BCUT2D eigenvalue weighted by Crippen LogP contribution is 2.20. The number of pyridine rings is 1. The summed E-state index contributed by atoms with van der Waals surface area (Å²) in [5.74, 6) is -0.0912. The summed E-state index contributed by atoms with van der Waals surface area (Å²) in [6.45, 7) is 1.58. The van der Waals surface area contributed by atoms with Gasteiger partial charge in [-0.1, -0.05) is 17.7 Å². The van der Waals surface area contributed by atoms with Crippen molar-refractivity contribution in [1.29, 1.82) is 0 Å².